The normalized spacial score (nSPS) is 25.6. The first kappa shape index (κ1) is 35.9. The second-order valence-corrected chi connectivity index (χ2v) is 17.0. The summed E-state index contributed by atoms with van der Waals surface area (Å²) in [6.07, 6.45) is 1.57. The van der Waals surface area contributed by atoms with Gasteiger partial charge in [0.2, 0.25) is 5.91 Å². The van der Waals surface area contributed by atoms with E-state index in [1.54, 1.807) is 18.2 Å². The van der Waals surface area contributed by atoms with Gasteiger partial charge in [-0.05, 0) is 74.8 Å². The Morgan fingerprint density at radius 3 is 2.61 bits per heavy atom. The van der Waals surface area contributed by atoms with Crippen LogP contribution in [0.5, 0.6) is 0 Å². The number of aromatic nitrogens is 3. The lowest BCUT2D eigenvalue weighted by Gasteiger charge is -2.40. The number of anilines is 1. The van der Waals surface area contributed by atoms with Crippen LogP contribution in [0.25, 0.3) is 32.9 Å². The Balaban J connectivity index is 1.19. The van der Waals surface area contributed by atoms with Crippen molar-refractivity contribution in [1.29, 1.82) is 5.26 Å². The van der Waals surface area contributed by atoms with E-state index in [-0.39, 0.29) is 75.9 Å². The number of piperidine rings is 1. The maximum Gasteiger partial charge on any atom is 0.417 e. The maximum absolute atomic E-state index is 17.3. The summed E-state index contributed by atoms with van der Waals surface area (Å²) in [7, 11) is 0. The van der Waals surface area contributed by atoms with Crippen molar-refractivity contribution in [3.8, 4) is 17.2 Å². The van der Waals surface area contributed by atoms with Crippen molar-refractivity contribution in [2.75, 3.05) is 24.5 Å². The van der Waals surface area contributed by atoms with E-state index in [9.17, 15) is 23.2 Å². The molecule has 14 heteroatoms. The summed E-state index contributed by atoms with van der Waals surface area (Å²) >= 11 is 13.1. The zero-order chi connectivity index (χ0) is 38.8. The number of aryl methyl sites for hydroxylation is 2. The van der Waals surface area contributed by atoms with Crippen LogP contribution in [-0.4, -0.2) is 57.1 Å². The van der Waals surface area contributed by atoms with Gasteiger partial charge in [0.25, 0.3) is 0 Å². The summed E-state index contributed by atoms with van der Waals surface area (Å²) in [5.74, 6) is -0.283. The zero-order valence-electron chi connectivity index (χ0n) is 30.4. The Bertz CT molecular complexity index is 2500. The van der Waals surface area contributed by atoms with Gasteiger partial charge in [0.05, 0.1) is 57.2 Å². The molecular weight excluding hydrogens is 765 g/mol. The van der Waals surface area contributed by atoms with Crippen LogP contribution in [0.2, 0.25) is 10.0 Å². The Morgan fingerprint density at radius 2 is 1.89 bits per heavy atom. The number of benzene rings is 2. The molecule has 8 nitrogen and oxygen atoms in total. The van der Waals surface area contributed by atoms with Crippen LogP contribution in [0.4, 0.5) is 23.2 Å². The fourth-order valence-corrected chi connectivity index (χ4v) is 10.7. The lowest BCUT2D eigenvalue weighted by atomic mass is 9.79. The molecule has 7 heterocycles. The quantitative estimate of drug-likeness (QED) is 0.165. The number of nitriles is 1. The standard InChI is InChI=1S/C42H37Cl2F4N7O/c1-20-29-14-33(39-24-10-27(54(39)41(56)21-7-8-21)19-53(18-24)26-13-25(16-50-17-26)42(46,47)48)55(38-23-12-32(38)51-15-23)40(29)30-11-22(4-3-9-49)34(36(45)37(30)52-20)28-5-2-6-31(43)35(28)44/h2,5-6,11,13-14,16-17,21,23-24,27,32,38-39,51H,3-4,7-8,10,12,15,18-19H2,1H3. The number of carbonyl (C=O) groups is 1. The minimum Gasteiger partial charge on any atom is -0.368 e. The minimum atomic E-state index is -4.53. The largest absolute Gasteiger partial charge is 0.417 e. The molecule has 4 aliphatic heterocycles. The number of alkyl halides is 3. The molecule has 11 rings (SSSR count). The number of rotatable bonds is 7. The van der Waals surface area contributed by atoms with Gasteiger partial charge in [0, 0.05) is 83.4 Å². The number of hydrogen-bond acceptors (Lipinski definition) is 6. The van der Waals surface area contributed by atoms with E-state index in [0.29, 0.717) is 46.9 Å². The second-order valence-electron chi connectivity index (χ2n) is 16.2. The highest BCUT2D eigenvalue weighted by Gasteiger charge is 2.55. The number of nitrogens with one attached hydrogen (secondary N) is 1. The lowest BCUT2D eigenvalue weighted by Crippen LogP contribution is -2.45. The fourth-order valence-electron chi connectivity index (χ4n) is 10.3. The van der Waals surface area contributed by atoms with Gasteiger partial charge < -0.3 is 19.7 Å². The van der Waals surface area contributed by atoms with Gasteiger partial charge in [0.1, 0.15) is 5.52 Å². The summed E-state index contributed by atoms with van der Waals surface area (Å²) in [5, 5.41) is 15.3. The van der Waals surface area contributed by atoms with Gasteiger partial charge in [-0.2, -0.15) is 18.4 Å². The molecule has 288 valence electrons. The zero-order valence-corrected chi connectivity index (χ0v) is 31.9. The van der Waals surface area contributed by atoms with E-state index in [0.717, 1.165) is 61.1 Å². The monoisotopic (exact) mass is 801 g/mol. The predicted molar refractivity (Wildman–Crippen MR) is 206 cm³/mol. The van der Waals surface area contributed by atoms with Crippen molar-refractivity contribution in [2.24, 2.45) is 17.8 Å². The maximum atomic E-state index is 17.3. The summed E-state index contributed by atoms with van der Waals surface area (Å²) in [5.41, 5.74) is 3.51. The fraction of sp³-hybridized carbons (Fsp3) is 0.429. The van der Waals surface area contributed by atoms with Crippen LogP contribution in [0.1, 0.15) is 66.7 Å². The molecule has 2 aromatic carbocycles. The summed E-state index contributed by atoms with van der Waals surface area (Å²) in [6, 6.07) is 12.2. The van der Waals surface area contributed by atoms with Crippen LogP contribution in [0.3, 0.4) is 0 Å². The molecule has 1 N–H and O–H groups in total. The molecule has 4 bridgehead atoms. The topological polar surface area (TPSA) is 90.1 Å². The van der Waals surface area contributed by atoms with Gasteiger partial charge in [0.15, 0.2) is 5.82 Å². The van der Waals surface area contributed by atoms with Crippen LogP contribution >= 0.6 is 23.2 Å². The molecule has 5 aromatic rings. The molecule has 6 fully saturated rings. The van der Waals surface area contributed by atoms with Crippen LogP contribution in [-0.2, 0) is 17.4 Å². The van der Waals surface area contributed by atoms with E-state index in [4.69, 9.17) is 28.2 Å². The van der Waals surface area contributed by atoms with Crippen molar-refractivity contribution in [3.63, 3.8) is 0 Å². The second kappa shape index (κ2) is 13.0. The molecule has 3 aromatic heterocycles. The number of hydrogen-bond donors (Lipinski definition) is 1. The predicted octanol–water partition coefficient (Wildman–Crippen LogP) is 9.20. The third-order valence-electron chi connectivity index (χ3n) is 12.9. The molecule has 2 aliphatic carbocycles. The van der Waals surface area contributed by atoms with Gasteiger partial charge >= 0.3 is 6.18 Å². The van der Waals surface area contributed by atoms with Crippen LogP contribution in [0.15, 0.2) is 48.8 Å². The van der Waals surface area contributed by atoms with Crippen LogP contribution in [0, 0.1) is 41.8 Å². The molecule has 2 saturated carbocycles. The molecule has 6 aliphatic rings. The van der Waals surface area contributed by atoms with Gasteiger partial charge in [-0.15, -0.1) is 0 Å². The van der Waals surface area contributed by atoms with E-state index in [1.807, 2.05) is 22.8 Å². The number of nitrogens with zero attached hydrogens (tertiary/aromatic N) is 6. The summed E-state index contributed by atoms with van der Waals surface area (Å²) < 4.78 is 61.1. The van der Waals surface area contributed by atoms with Gasteiger partial charge in [-0.25, -0.2) is 9.37 Å². The summed E-state index contributed by atoms with van der Waals surface area (Å²) in [4.78, 5) is 27.3. The highest BCUT2D eigenvalue weighted by molar-refractivity contribution is 6.43. The third-order valence-corrected chi connectivity index (χ3v) is 13.8. The number of likely N-dealkylation sites (tertiary alicyclic amines) is 1. The van der Waals surface area contributed by atoms with E-state index in [2.05, 4.69) is 27.0 Å². The Hall–Kier alpha value is -4.44. The highest BCUT2D eigenvalue weighted by Crippen LogP contribution is 2.54. The van der Waals surface area contributed by atoms with Gasteiger partial charge in [-0.3, -0.25) is 9.78 Å². The third kappa shape index (κ3) is 5.52. The van der Waals surface area contributed by atoms with Crippen molar-refractivity contribution in [1.82, 2.24) is 24.8 Å². The van der Waals surface area contributed by atoms with Crippen molar-refractivity contribution < 1.29 is 22.4 Å². The average Bonchev–Trinajstić information content (AvgIpc) is 3.46. The Labute approximate surface area is 330 Å². The highest BCUT2D eigenvalue weighted by atomic mass is 35.5. The number of pyridine rings is 2. The molecular formula is C42H37Cl2F4N7O. The van der Waals surface area contributed by atoms with Crippen LogP contribution < -0.4 is 10.2 Å². The molecule has 4 saturated heterocycles. The van der Waals surface area contributed by atoms with Crippen molar-refractivity contribution >= 4 is 56.6 Å². The molecule has 1 amide bonds. The van der Waals surface area contributed by atoms with E-state index < -0.39 is 17.6 Å². The molecule has 0 radical (unpaired) electrons. The average molecular weight is 803 g/mol. The first-order valence-electron chi connectivity index (χ1n) is 19.2. The molecule has 6 atom stereocenters. The van der Waals surface area contributed by atoms with Crippen molar-refractivity contribution in [3.05, 3.63) is 87.2 Å². The minimum absolute atomic E-state index is 0.0438. The Kier molecular flexibility index (Phi) is 8.37. The number of amides is 1. The lowest BCUT2D eigenvalue weighted by molar-refractivity contribution is -0.138. The Morgan fingerprint density at radius 1 is 1.07 bits per heavy atom. The first-order valence-corrected chi connectivity index (χ1v) is 20.0. The van der Waals surface area contributed by atoms with E-state index in [1.165, 1.54) is 6.20 Å². The number of fused-ring (bicyclic) bond motifs is 6. The smallest absolute Gasteiger partial charge is 0.368 e. The van der Waals surface area contributed by atoms with Gasteiger partial charge in [-0.1, -0.05) is 35.3 Å². The molecule has 0 spiro atoms. The first-order chi connectivity index (χ1) is 26.9. The summed E-state index contributed by atoms with van der Waals surface area (Å²) in [6.45, 7) is 3.57. The van der Waals surface area contributed by atoms with E-state index >= 15 is 4.39 Å². The molecule has 6 unspecified atom stereocenters. The number of halogens is 6. The molecule has 56 heavy (non-hydrogen) atoms. The van der Waals surface area contributed by atoms with Crippen molar-refractivity contribution in [2.45, 2.75) is 75.8 Å². The SMILES string of the molecule is Cc1nc2c(F)c(-c3cccc(Cl)c3Cl)c(CCC#N)cc2c2c1cc(C1C3CC(CN(c4cncc(C(F)(F)F)c4)C3)N1C(=O)C1CC1)n2C1C2CNC1C2. The number of carbonyl (C=O) groups excluding carboxylic acids is 1.